The van der Waals surface area contributed by atoms with Gasteiger partial charge in [-0.3, -0.25) is 24.5 Å². The van der Waals surface area contributed by atoms with Crippen LogP contribution in [0.15, 0.2) is 138 Å². The SMILES string of the molecule is O=C(Nc1cccc(SC(C(=O)Nc2ccc(Cl)cn2)c2ccccc2)c1)/C(=C\c1ccccc1[N+](=O)[O-])NC(=O)c1ccccc1. The maximum atomic E-state index is 13.6. The van der Waals surface area contributed by atoms with E-state index in [0.29, 0.717) is 27.0 Å². The summed E-state index contributed by atoms with van der Waals surface area (Å²) in [5.41, 5.74) is 1.11. The molecule has 0 saturated heterocycles. The van der Waals surface area contributed by atoms with E-state index in [9.17, 15) is 24.5 Å². The molecule has 0 radical (unpaired) electrons. The van der Waals surface area contributed by atoms with Gasteiger partial charge >= 0.3 is 0 Å². The standard InChI is InChI=1S/C35H26ClN5O5S/c36-26-18-19-31(37-22-26)40-35(44)32(23-10-3-1-4-11-23)47-28-16-9-15-27(21-28)38-34(43)29(39-33(42)24-12-5-2-6-13-24)20-25-14-7-8-17-30(25)41(45)46/h1-22,32H,(H,38,43)(H,39,42)(H,37,40,44)/b29-20+. The first-order valence-electron chi connectivity index (χ1n) is 14.1. The van der Waals surface area contributed by atoms with Crippen LogP contribution < -0.4 is 16.0 Å². The number of nitrogens with one attached hydrogen (secondary N) is 3. The smallest absolute Gasteiger partial charge is 0.276 e. The minimum absolute atomic E-state index is 0.132. The van der Waals surface area contributed by atoms with Crippen LogP contribution in [0.25, 0.3) is 6.08 Å². The average Bonchev–Trinajstić information content (AvgIpc) is 3.09. The molecule has 10 nitrogen and oxygen atoms in total. The third kappa shape index (κ3) is 8.91. The molecular weight excluding hydrogens is 638 g/mol. The fraction of sp³-hybridized carbons (Fsp3) is 0.0286. The van der Waals surface area contributed by atoms with Gasteiger partial charge in [0.1, 0.15) is 16.8 Å². The van der Waals surface area contributed by atoms with E-state index >= 15 is 0 Å². The molecule has 234 valence electrons. The van der Waals surface area contributed by atoms with E-state index in [1.807, 2.05) is 30.3 Å². The lowest BCUT2D eigenvalue weighted by atomic mass is 10.1. The molecule has 3 amide bonds. The Morgan fingerprint density at radius 2 is 1.53 bits per heavy atom. The number of nitro benzene ring substituents is 1. The Morgan fingerprint density at radius 1 is 0.830 bits per heavy atom. The van der Waals surface area contributed by atoms with Crippen LogP contribution in [0.1, 0.15) is 26.7 Å². The topological polar surface area (TPSA) is 143 Å². The number of pyridine rings is 1. The molecule has 12 heteroatoms. The highest BCUT2D eigenvalue weighted by Gasteiger charge is 2.23. The van der Waals surface area contributed by atoms with Crippen molar-refractivity contribution in [2.75, 3.05) is 10.6 Å². The zero-order chi connectivity index (χ0) is 33.2. The molecule has 0 fully saturated rings. The maximum absolute atomic E-state index is 13.6. The van der Waals surface area contributed by atoms with Gasteiger partial charge in [-0.15, -0.1) is 11.8 Å². The Kier molecular flexibility index (Phi) is 10.7. The molecule has 1 heterocycles. The van der Waals surface area contributed by atoms with Crippen molar-refractivity contribution < 1.29 is 19.3 Å². The van der Waals surface area contributed by atoms with Crippen LogP contribution in [0.3, 0.4) is 0 Å². The molecule has 0 aliphatic rings. The van der Waals surface area contributed by atoms with Crippen molar-refractivity contribution in [3.63, 3.8) is 0 Å². The number of benzene rings is 4. The number of anilines is 2. The van der Waals surface area contributed by atoms with Gasteiger partial charge in [-0.25, -0.2) is 4.98 Å². The number of carbonyl (C=O) groups excluding carboxylic acids is 3. The van der Waals surface area contributed by atoms with E-state index in [0.717, 1.165) is 5.56 Å². The third-order valence-electron chi connectivity index (χ3n) is 6.63. The van der Waals surface area contributed by atoms with Crippen molar-refractivity contribution in [1.82, 2.24) is 10.3 Å². The van der Waals surface area contributed by atoms with Gasteiger partial charge in [-0.1, -0.05) is 78.3 Å². The fourth-order valence-corrected chi connectivity index (χ4v) is 5.59. The Bertz CT molecular complexity index is 1940. The monoisotopic (exact) mass is 663 g/mol. The summed E-state index contributed by atoms with van der Waals surface area (Å²) in [5.74, 6) is -1.25. The number of thioether (sulfide) groups is 1. The van der Waals surface area contributed by atoms with Crippen LogP contribution in [-0.2, 0) is 9.59 Å². The van der Waals surface area contributed by atoms with Crippen molar-refractivity contribution in [3.8, 4) is 0 Å². The molecule has 3 N–H and O–H groups in total. The molecule has 0 aliphatic carbocycles. The van der Waals surface area contributed by atoms with Crippen LogP contribution in [-0.4, -0.2) is 27.6 Å². The minimum Gasteiger partial charge on any atom is -0.321 e. The van der Waals surface area contributed by atoms with Crippen LogP contribution in [0.4, 0.5) is 17.2 Å². The largest absolute Gasteiger partial charge is 0.321 e. The fourth-order valence-electron chi connectivity index (χ4n) is 4.40. The zero-order valence-electron chi connectivity index (χ0n) is 24.5. The van der Waals surface area contributed by atoms with Crippen molar-refractivity contribution in [3.05, 3.63) is 165 Å². The zero-order valence-corrected chi connectivity index (χ0v) is 26.1. The van der Waals surface area contributed by atoms with Gasteiger partial charge in [0, 0.05) is 28.4 Å². The number of nitro groups is 1. The van der Waals surface area contributed by atoms with E-state index in [2.05, 4.69) is 20.9 Å². The number of hydrogen-bond donors (Lipinski definition) is 3. The number of para-hydroxylation sites is 1. The molecule has 5 rings (SSSR count). The molecule has 0 spiro atoms. The highest BCUT2D eigenvalue weighted by Crippen LogP contribution is 2.37. The molecule has 4 aromatic carbocycles. The molecular formula is C35H26ClN5O5S. The van der Waals surface area contributed by atoms with Gasteiger partial charge in [0.2, 0.25) is 5.91 Å². The van der Waals surface area contributed by atoms with Crippen LogP contribution in [0, 0.1) is 10.1 Å². The lowest BCUT2D eigenvalue weighted by Gasteiger charge is -2.17. The summed E-state index contributed by atoms with van der Waals surface area (Å²) in [4.78, 5) is 56.0. The van der Waals surface area contributed by atoms with E-state index in [-0.39, 0.29) is 22.9 Å². The first kappa shape index (κ1) is 32.6. The van der Waals surface area contributed by atoms with E-state index < -0.39 is 22.0 Å². The van der Waals surface area contributed by atoms with Gasteiger partial charge in [0.05, 0.1) is 15.5 Å². The van der Waals surface area contributed by atoms with E-state index in [4.69, 9.17) is 11.6 Å². The van der Waals surface area contributed by atoms with E-state index in [1.54, 1.807) is 72.8 Å². The summed E-state index contributed by atoms with van der Waals surface area (Å²) >= 11 is 7.20. The average molecular weight is 664 g/mol. The van der Waals surface area contributed by atoms with Crippen LogP contribution in [0.5, 0.6) is 0 Å². The van der Waals surface area contributed by atoms with Crippen LogP contribution in [0.2, 0.25) is 5.02 Å². The number of rotatable bonds is 11. The Morgan fingerprint density at radius 3 is 2.23 bits per heavy atom. The predicted molar refractivity (Wildman–Crippen MR) is 183 cm³/mol. The van der Waals surface area contributed by atoms with Crippen molar-refractivity contribution in [2.45, 2.75) is 10.1 Å². The number of carbonyl (C=O) groups is 3. The number of hydrogen-bond acceptors (Lipinski definition) is 7. The summed E-state index contributed by atoms with van der Waals surface area (Å²) in [6.45, 7) is 0. The van der Waals surface area contributed by atoms with Gasteiger partial charge in [0.25, 0.3) is 17.5 Å². The molecule has 0 saturated carbocycles. The number of amides is 3. The normalized spacial score (nSPS) is 11.6. The summed E-state index contributed by atoms with van der Waals surface area (Å²) in [6, 6.07) is 33.5. The predicted octanol–water partition coefficient (Wildman–Crippen LogP) is 7.52. The quantitative estimate of drug-likeness (QED) is 0.0574. The van der Waals surface area contributed by atoms with Crippen molar-refractivity contribution in [2.24, 2.45) is 0 Å². The Hall–Kier alpha value is -5.78. The van der Waals surface area contributed by atoms with Crippen molar-refractivity contribution in [1.29, 1.82) is 0 Å². The molecule has 47 heavy (non-hydrogen) atoms. The summed E-state index contributed by atoms with van der Waals surface area (Å²) in [7, 11) is 0. The summed E-state index contributed by atoms with van der Waals surface area (Å²) in [6.07, 6.45) is 2.70. The molecule has 0 aliphatic heterocycles. The minimum atomic E-state index is -0.708. The highest BCUT2D eigenvalue weighted by atomic mass is 35.5. The van der Waals surface area contributed by atoms with Gasteiger partial charge in [-0.05, 0) is 60.2 Å². The van der Waals surface area contributed by atoms with Crippen LogP contribution >= 0.6 is 23.4 Å². The summed E-state index contributed by atoms with van der Waals surface area (Å²) in [5, 5.41) is 19.6. The molecule has 1 atom stereocenters. The second kappa shape index (κ2) is 15.5. The Balaban J connectivity index is 1.40. The first-order chi connectivity index (χ1) is 22.8. The molecule has 5 aromatic rings. The first-order valence-corrected chi connectivity index (χ1v) is 15.4. The lowest BCUT2D eigenvalue weighted by Crippen LogP contribution is -2.30. The number of nitrogens with zero attached hydrogens (tertiary/aromatic N) is 2. The van der Waals surface area contributed by atoms with Gasteiger partial charge in [0.15, 0.2) is 0 Å². The van der Waals surface area contributed by atoms with Crippen molar-refractivity contribution >= 4 is 64.4 Å². The third-order valence-corrected chi connectivity index (χ3v) is 8.10. The lowest BCUT2D eigenvalue weighted by molar-refractivity contribution is -0.385. The van der Waals surface area contributed by atoms with Gasteiger partial charge < -0.3 is 16.0 Å². The number of halogens is 1. The van der Waals surface area contributed by atoms with Gasteiger partial charge in [-0.2, -0.15) is 0 Å². The van der Waals surface area contributed by atoms with E-state index in [1.165, 1.54) is 42.2 Å². The maximum Gasteiger partial charge on any atom is 0.276 e. The molecule has 0 bridgehead atoms. The molecule has 1 aromatic heterocycles. The molecule has 1 unspecified atom stereocenters. The highest BCUT2D eigenvalue weighted by molar-refractivity contribution is 8.00. The second-order valence-corrected chi connectivity index (χ2v) is 11.6. The summed E-state index contributed by atoms with van der Waals surface area (Å²) < 4.78 is 0. The Labute approximate surface area is 279 Å². The number of aromatic nitrogens is 1. The second-order valence-electron chi connectivity index (χ2n) is 9.94.